The van der Waals surface area contributed by atoms with Crippen molar-refractivity contribution in [3.63, 3.8) is 0 Å². The highest BCUT2D eigenvalue weighted by Gasteiger charge is 2.20. The van der Waals surface area contributed by atoms with Crippen molar-refractivity contribution in [2.45, 2.75) is 31.7 Å². The van der Waals surface area contributed by atoms with Gasteiger partial charge in [-0.1, -0.05) is 30.3 Å². The van der Waals surface area contributed by atoms with Gasteiger partial charge in [0.05, 0.1) is 17.5 Å². The van der Waals surface area contributed by atoms with E-state index in [9.17, 15) is 9.90 Å². The number of rotatable bonds is 5. The van der Waals surface area contributed by atoms with Crippen LogP contribution < -0.4 is 5.32 Å². The monoisotopic (exact) mass is 301 g/mol. The van der Waals surface area contributed by atoms with Crippen LogP contribution in [0.3, 0.4) is 0 Å². The fourth-order valence-corrected chi connectivity index (χ4v) is 3.91. The van der Waals surface area contributed by atoms with Crippen LogP contribution in [0.1, 0.15) is 32.1 Å². The van der Waals surface area contributed by atoms with E-state index >= 15 is 0 Å². The quantitative estimate of drug-likeness (QED) is 0.892. The summed E-state index contributed by atoms with van der Waals surface area (Å²) in [7, 11) is 0. The third-order valence-corrected chi connectivity index (χ3v) is 5.09. The summed E-state index contributed by atoms with van der Waals surface area (Å²) < 4.78 is 0. The summed E-state index contributed by atoms with van der Waals surface area (Å²) in [5.74, 6) is -0.0654. The lowest BCUT2D eigenvalue weighted by Crippen LogP contribution is -2.38. The summed E-state index contributed by atoms with van der Waals surface area (Å²) in [6.45, 7) is -0.0499. The van der Waals surface area contributed by atoms with Crippen molar-refractivity contribution in [3.8, 4) is 0 Å². The third-order valence-electron chi connectivity index (χ3n) is 3.85. The van der Waals surface area contributed by atoms with Crippen molar-refractivity contribution in [1.29, 1.82) is 0 Å². The number of amides is 1. The predicted molar refractivity (Wildman–Crippen MR) is 84.8 cm³/mol. The van der Waals surface area contributed by atoms with Gasteiger partial charge >= 0.3 is 0 Å². The lowest BCUT2D eigenvalue weighted by atomic mass is 10.1. The van der Waals surface area contributed by atoms with E-state index in [-0.39, 0.29) is 18.6 Å². The van der Waals surface area contributed by atoms with Gasteiger partial charge in [-0.25, -0.2) is 0 Å². The Balaban J connectivity index is 1.64. The SMILES string of the molecule is O=C(N[C@H](CO)Cc1ccccc1)c1cc2c(s1)CCC2. The molecule has 3 rings (SSSR count). The Bertz CT molecular complexity index is 599. The molecule has 0 aliphatic heterocycles. The van der Waals surface area contributed by atoms with Gasteiger partial charge in [-0.05, 0) is 42.9 Å². The first-order valence-electron chi connectivity index (χ1n) is 7.33. The molecule has 2 N–H and O–H groups in total. The number of fused-ring (bicyclic) bond motifs is 1. The molecule has 1 aliphatic carbocycles. The second kappa shape index (κ2) is 6.41. The maximum absolute atomic E-state index is 12.3. The van der Waals surface area contributed by atoms with Crippen molar-refractivity contribution >= 4 is 17.2 Å². The van der Waals surface area contributed by atoms with E-state index in [1.165, 1.54) is 16.9 Å². The zero-order valence-corrected chi connectivity index (χ0v) is 12.7. The Morgan fingerprint density at radius 3 is 2.81 bits per heavy atom. The Labute approximate surface area is 128 Å². The zero-order chi connectivity index (χ0) is 14.7. The molecule has 0 fully saturated rings. The summed E-state index contributed by atoms with van der Waals surface area (Å²) in [4.78, 5) is 14.4. The number of carbonyl (C=O) groups is 1. The highest BCUT2D eigenvalue weighted by atomic mass is 32.1. The maximum atomic E-state index is 12.3. The van der Waals surface area contributed by atoms with Crippen LogP contribution in [-0.2, 0) is 19.3 Å². The van der Waals surface area contributed by atoms with Crippen LogP contribution in [0.15, 0.2) is 36.4 Å². The number of carbonyl (C=O) groups excluding carboxylic acids is 1. The molecule has 21 heavy (non-hydrogen) atoms. The molecule has 0 saturated heterocycles. The summed E-state index contributed by atoms with van der Waals surface area (Å²) in [6.07, 6.45) is 4.04. The van der Waals surface area contributed by atoms with Gasteiger partial charge in [0.15, 0.2) is 0 Å². The molecule has 1 heterocycles. The van der Waals surface area contributed by atoms with Crippen molar-refractivity contribution in [2.24, 2.45) is 0 Å². The maximum Gasteiger partial charge on any atom is 0.261 e. The van der Waals surface area contributed by atoms with E-state index in [1.54, 1.807) is 11.3 Å². The van der Waals surface area contributed by atoms with E-state index < -0.39 is 0 Å². The van der Waals surface area contributed by atoms with Crippen LogP contribution >= 0.6 is 11.3 Å². The minimum Gasteiger partial charge on any atom is -0.394 e. The molecule has 1 atom stereocenters. The molecule has 1 aliphatic rings. The number of hydrogen-bond donors (Lipinski definition) is 2. The fourth-order valence-electron chi connectivity index (χ4n) is 2.76. The van der Waals surface area contributed by atoms with E-state index in [1.807, 2.05) is 36.4 Å². The average molecular weight is 301 g/mol. The number of hydrogen-bond acceptors (Lipinski definition) is 3. The number of benzene rings is 1. The van der Waals surface area contributed by atoms with Gasteiger partial charge in [-0.2, -0.15) is 0 Å². The molecular formula is C17H19NO2S. The Hall–Kier alpha value is -1.65. The van der Waals surface area contributed by atoms with Crippen LogP contribution in [0.4, 0.5) is 0 Å². The Morgan fingerprint density at radius 2 is 2.10 bits per heavy atom. The first-order valence-corrected chi connectivity index (χ1v) is 8.15. The topological polar surface area (TPSA) is 49.3 Å². The minimum atomic E-state index is -0.239. The summed E-state index contributed by atoms with van der Waals surface area (Å²) in [5, 5.41) is 12.4. The number of nitrogens with one attached hydrogen (secondary N) is 1. The molecule has 0 bridgehead atoms. The molecule has 2 aromatic rings. The lowest BCUT2D eigenvalue weighted by Gasteiger charge is -2.15. The lowest BCUT2D eigenvalue weighted by molar-refractivity contribution is 0.0920. The largest absolute Gasteiger partial charge is 0.394 e. The van der Waals surface area contributed by atoms with Crippen molar-refractivity contribution in [2.75, 3.05) is 6.61 Å². The standard InChI is InChI=1S/C17H19NO2S/c19-11-14(9-12-5-2-1-3-6-12)18-17(20)16-10-13-7-4-8-15(13)21-16/h1-3,5-6,10,14,19H,4,7-9,11H2,(H,18,20)/t14-/m0/s1. The van der Waals surface area contributed by atoms with Crippen LogP contribution in [0.5, 0.6) is 0 Å². The number of thiophene rings is 1. The molecule has 1 aromatic carbocycles. The Kier molecular flexibility index (Phi) is 4.36. The van der Waals surface area contributed by atoms with E-state index in [2.05, 4.69) is 5.32 Å². The smallest absolute Gasteiger partial charge is 0.261 e. The second-order valence-corrected chi connectivity index (χ2v) is 6.59. The highest BCUT2D eigenvalue weighted by Crippen LogP contribution is 2.30. The van der Waals surface area contributed by atoms with Crippen molar-refractivity contribution in [1.82, 2.24) is 5.32 Å². The zero-order valence-electron chi connectivity index (χ0n) is 11.8. The molecule has 0 saturated carbocycles. The summed E-state index contributed by atoms with van der Waals surface area (Å²) >= 11 is 1.60. The van der Waals surface area contributed by atoms with Gasteiger partial charge in [0.25, 0.3) is 5.91 Å². The van der Waals surface area contributed by atoms with Gasteiger partial charge in [0.2, 0.25) is 0 Å². The molecule has 3 nitrogen and oxygen atoms in total. The van der Waals surface area contributed by atoms with Gasteiger partial charge in [-0.3, -0.25) is 4.79 Å². The van der Waals surface area contributed by atoms with Crippen LogP contribution in [0.25, 0.3) is 0 Å². The molecule has 0 spiro atoms. The van der Waals surface area contributed by atoms with Gasteiger partial charge < -0.3 is 10.4 Å². The van der Waals surface area contributed by atoms with Gasteiger partial charge in [0.1, 0.15) is 0 Å². The van der Waals surface area contributed by atoms with Crippen LogP contribution in [0, 0.1) is 0 Å². The van der Waals surface area contributed by atoms with E-state index in [0.29, 0.717) is 6.42 Å². The fraction of sp³-hybridized carbons (Fsp3) is 0.353. The Morgan fingerprint density at radius 1 is 1.29 bits per heavy atom. The summed E-state index contributed by atoms with van der Waals surface area (Å²) in [6, 6.07) is 11.7. The minimum absolute atomic E-state index is 0.0499. The first kappa shape index (κ1) is 14.3. The average Bonchev–Trinajstić information content (AvgIpc) is 3.08. The second-order valence-electron chi connectivity index (χ2n) is 5.46. The molecule has 1 aromatic heterocycles. The molecule has 110 valence electrons. The van der Waals surface area contributed by atoms with E-state index in [4.69, 9.17) is 0 Å². The molecule has 4 heteroatoms. The van der Waals surface area contributed by atoms with Gasteiger partial charge in [0, 0.05) is 4.88 Å². The van der Waals surface area contributed by atoms with Crippen LogP contribution in [-0.4, -0.2) is 23.7 Å². The normalized spacial score (nSPS) is 14.7. The van der Waals surface area contributed by atoms with Gasteiger partial charge in [-0.15, -0.1) is 11.3 Å². The van der Waals surface area contributed by atoms with Crippen molar-refractivity contribution < 1.29 is 9.90 Å². The summed E-state index contributed by atoms with van der Waals surface area (Å²) in [5.41, 5.74) is 2.44. The highest BCUT2D eigenvalue weighted by molar-refractivity contribution is 7.14. The molecule has 0 radical (unpaired) electrons. The molecular weight excluding hydrogens is 282 g/mol. The predicted octanol–water partition coefficient (Wildman–Crippen LogP) is 2.57. The molecule has 0 unspecified atom stereocenters. The van der Waals surface area contributed by atoms with Crippen molar-refractivity contribution in [3.05, 3.63) is 57.3 Å². The van der Waals surface area contributed by atoms with Crippen LogP contribution in [0.2, 0.25) is 0 Å². The third kappa shape index (κ3) is 3.34. The first-order chi connectivity index (χ1) is 10.3. The number of aryl methyl sites for hydroxylation is 2. The molecule has 1 amide bonds. The number of aliphatic hydroxyl groups is 1. The van der Waals surface area contributed by atoms with E-state index in [0.717, 1.165) is 23.3 Å². The number of aliphatic hydroxyl groups excluding tert-OH is 1.